The lowest BCUT2D eigenvalue weighted by molar-refractivity contribution is 0.379. The molecule has 6 nitrogen and oxygen atoms in total. The average molecular weight is 502 g/mol. The van der Waals surface area contributed by atoms with Gasteiger partial charge < -0.3 is 9.52 Å². The summed E-state index contributed by atoms with van der Waals surface area (Å²) in [6.07, 6.45) is 6.07. The van der Waals surface area contributed by atoms with Gasteiger partial charge in [0.2, 0.25) is 10.0 Å². The molecule has 0 radical (unpaired) electrons. The molecular formula is C26H31NO5S2. The lowest BCUT2D eigenvalue weighted by atomic mass is 9.82. The SMILES string of the molecule is CC(C)CC(c1cccc(-c2ccsc2S(N)(=O)=O)c1)c1c(O)c2c(oc1=O)CCCCCC2. The van der Waals surface area contributed by atoms with E-state index in [2.05, 4.69) is 13.8 Å². The molecule has 34 heavy (non-hydrogen) atoms. The Morgan fingerprint density at radius 3 is 2.56 bits per heavy atom. The molecule has 2 aromatic heterocycles. The quantitative estimate of drug-likeness (QED) is 0.459. The fourth-order valence-electron chi connectivity index (χ4n) is 4.87. The highest BCUT2D eigenvalue weighted by Gasteiger charge is 2.28. The Hall–Kier alpha value is -2.42. The van der Waals surface area contributed by atoms with Crippen LogP contribution < -0.4 is 10.8 Å². The minimum Gasteiger partial charge on any atom is -0.507 e. The van der Waals surface area contributed by atoms with Gasteiger partial charge in [0.1, 0.15) is 15.7 Å². The molecule has 4 rings (SSSR count). The van der Waals surface area contributed by atoms with Gasteiger partial charge in [0.25, 0.3) is 0 Å². The van der Waals surface area contributed by atoms with Crippen LogP contribution in [0.5, 0.6) is 5.75 Å². The number of hydrogen-bond acceptors (Lipinski definition) is 6. The van der Waals surface area contributed by atoms with Crippen molar-refractivity contribution in [2.45, 2.75) is 68.9 Å². The van der Waals surface area contributed by atoms with Crippen molar-refractivity contribution in [3.63, 3.8) is 0 Å². The number of sulfonamides is 1. The number of aromatic hydroxyl groups is 1. The van der Waals surface area contributed by atoms with Gasteiger partial charge in [0.05, 0.1) is 5.56 Å². The first-order chi connectivity index (χ1) is 16.2. The molecule has 1 aliphatic rings. The zero-order valence-corrected chi connectivity index (χ0v) is 21.2. The van der Waals surface area contributed by atoms with Gasteiger partial charge in [-0.2, -0.15) is 0 Å². The number of aryl methyl sites for hydroxylation is 1. The van der Waals surface area contributed by atoms with Crippen LogP contribution in [0.3, 0.4) is 0 Å². The standard InChI is InChI=1S/C26H31NO5S2/c1-16(2)14-21(23-24(28)20-10-5-3-4-6-11-22(20)32-25(23)29)18-9-7-8-17(15-18)19-12-13-33-26(19)34(27,30)31/h7-9,12-13,15-16,21,28H,3-6,10-11,14H2,1-2H3,(H2,27,30,31). The van der Waals surface area contributed by atoms with E-state index in [1.807, 2.05) is 24.3 Å². The number of rotatable bonds is 6. The van der Waals surface area contributed by atoms with Crippen LogP contribution in [0, 0.1) is 5.92 Å². The Bertz CT molecular complexity index is 1340. The molecule has 182 valence electrons. The average Bonchev–Trinajstić information content (AvgIpc) is 3.25. The molecule has 0 fully saturated rings. The zero-order valence-electron chi connectivity index (χ0n) is 19.5. The van der Waals surface area contributed by atoms with Gasteiger partial charge in [-0.05, 0) is 54.2 Å². The molecule has 1 unspecified atom stereocenters. The third-order valence-corrected chi connectivity index (χ3v) is 8.87. The van der Waals surface area contributed by atoms with Gasteiger partial charge in [0.15, 0.2) is 0 Å². The van der Waals surface area contributed by atoms with Gasteiger partial charge in [-0.3, -0.25) is 0 Å². The maximum atomic E-state index is 13.2. The molecular weight excluding hydrogens is 470 g/mol. The van der Waals surface area contributed by atoms with Crippen molar-refractivity contribution in [2.24, 2.45) is 11.1 Å². The molecule has 2 heterocycles. The van der Waals surface area contributed by atoms with Crippen LogP contribution in [0.1, 0.15) is 74.3 Å². The summed E-state index contributed by atoms with van der Waals surface area (Å²) in [4.78, 5) is 13.2. The maximum absolute atomic E-state index is 13.2. The Labute approximate surface area is 204 Å². The van der Waals surface area contributed by atoms with E-state index in [-0.39, 0.29) is 21.8 Å². The van der Waals surface area contributed by atoms with E-state index in [0.29, 0.717) is 41.7 Å². The van der Waals surface area contributed by atoms with Crippen LogP contribution in [-0.2, 0) is 22.9 Å². The number of benzene rings is 1. The predicted molar refractivity (Wildman–Crippen MR) is 135 cm³/mol. The van der Waals surface area contributed by atoms with Crippen molar-refractivity contribution >= 4 is 21.4 Å². The molecule has 0 bridgehead atoms. The second-order valence-corrected chi connectivity index (χ2v) is 12.1. The second kappa shape index (κ2) is 10.1. The van der Waals surface area contributed by atoms with Crippen LogP contribution in [0.15, 0.2) is 49.1 Å². The fraction of sp³-hybridized carbons (Fsp3) is 0.423. The summed E-state index contributed by atoms with van der Waals surface area (Å²) in [5.74, 6) is 0.531. The highest BCUT2D eigenvalue weighted by atomic mass is 32.2. The molecule has 1 aromatic carbocycles. The fourth-order valence-corrected chi connectivity index (χ4v) is 6.71. The largest absolute Gasteiger partial charge is 0.507 e. The summed E-state index contributed by atoms with van der Waals surface area (Å²) in [7, 11) is -3.86. The maximum Gasteiger partial charge on any atom is 0.343 e. The van der Waals surface area contributed by atoms with Crippen molar-refractivity contribution in [2.75, 3.05) is 0 Å². The first kappa shape index (κ1) is 24.7. The normalized spacial score (nSPS) is 15.5. The van der Waals surface area contributed by atoms with Gasteiger partial charge >= 0.3 is 5.63 Å². The minimum absolute atomic E-state index is 0.0601. The summed E-state index contributed by atoms with van der Waals surface area (Å²) in [5.41, 5.74) is 2.62. The van der Waals surface area contributed by atoms with E-state index in [4.69, 9.17) is 9.56 Å². The summed E-state index contributed by atoms with van der Waals surface area (Å²) < 4.78 is 30.0. The predicted octanol–water partition coefficient (Wildman–Crippen LogP) is 5.56. The van der Waals surface area contributed by atoms with E-state index in [1.165, 1.54) is 0 Å². The third kappa shape index (κ3) is 5.14. The summed E-state index contributed by atoms with van der Waals surface area (Å²) in [5, 5.41) is 18.4. The van der Waals surface area contributed by atoms with Gasteiger partial charge in [-0.25, -0.2) is 18.4 Å². The van der Waals surface area contributed by atoms with Crippen LogP contribution in [0.2, 0.25) is 0 Å². The van der Waals surface area contributed by atoms with Gasteiger partial charge in [-0.15, -0.1) is 11.3 Å². The number of nitrogens with two attached hydrogens (primary N) is 1. The highest BCUT2D eigenvalue weighted by molar-refractivity contribution is 7.91. The molecule has 0 saturated heterocycles. The van der Waals surface area contributed by atoms with E-state index < -0.39 is 15.6 Å². The van der Waals surface area contributed by atoms with E-state index >= 15 is 0 Å². The highest BCUT2D eigenvalue weighted by Crippen LogP contribution is 2.40. The van der Waals surface area contributed by atoms with E-state index in [0.717, 1.165) is 48.1 Å². The first-order valence-electron chi connectivity index (χ1n) is 11.7. The molecule has 0 saturated carbocycles. The van der Waals surface area contributed by atoms with Crippen molar-refractivity contribution in [3.05, 3.63) is 68.6 Å². The molecule has 1 aliphatic carbocycles. The smallest absolute Gasteiger partial charge is 0.343 e. The molecule has 3 aromatic rings. The van der Waals surface area contributed by atoms with Crippen LogP contribution in [-0.4, -0.2) is 13.5 Å². The molecule has 0 spiro atoms. The number of primary sulfonamides is 1. The topological polar surface area (TPSA) is 111 Å². The van der Waals surface area contributed by atoms with Crippen LogP contribution >= 0.6 is 11.3 Å². The molecule has 3 N–H and O–H groups in total. The number of fused-ring (bicyclic) bond motifs is 1. The molecule has 0 amide bonds. The zero-order chi connectivity index (χ0) is 24.5. The minimum atomic E-state index is -3.86. The molecule has 0 aliphatic heterocycles. The lowest BCUT2D eigenvalue weighted by Gasteiger charge is -2.23. The van der Waals surface area contributed by atoms with Crippen LogP contribution in [0.25, 0.3) is 11.1 Å². The Morgan fingerprint density at radius 1 is 1.12 bits per heavy atom. The number of thiophene rings is 1. The Balaban J connectivity index is 1.85. The first-order valence-corrected chi connectivity index (χ1v) is 14.2. The summed E-state index contributed by atoms with van der Waals surface area (Å²) in [6.45, 7) is 4.14. The summed E-state index contributed by atoms with van der Waals surface area (Å²) >= 11 is 1.08. The van der Waals surface area contributed by atoms with E-state index in [9.17, 15) is 18.3 Å². The van der Waals surface area contributed by atoms with Crippen molar-refractivity contribution in [1.29, 1.82) is 0 Å². The van der Waals surface area contributed by atoms with E-state index in [1.54, 1.807) is 11.4 Å². The summed E-state index contributed by atoms with van der Waals surface area (Å²) in [6, 6.07) is 9.21. The second-order valence-electron chi connectivity index (χ2n) is 9.44. The Kier molecular flexibility index (Phi) is 7.31. The third-order valence-electron chi connectivity index (χ3n) is 6.44. The van der Waals surface area contributed by atoms with Crippen molar-refractivity contribution in [1.82, 2.24) is 0 Å². The molecule has 8 heteroatoms. The number of hydrogen-bond donors (Lipinski definition) is 2. The molecule has 1 atom stereocenters. The van der Waals surface area contributed by atoms with Crippen molar-refractivity contribution < 1.29 is 17.9 Å². The lowest BCUT2D eigenvalue weighted by Crippen LogP contribution is -2.19. The Morgan fingerprint density at radius 2 is 1.85 bits per heavy atom. The van der Waals surface area contributed by atoms with Gasteiger partial charge in [-0.1, -0.05) is 51.0 Å². The van der Waals surface area contributed by atoms with Crippen molar-refractivity contribution in [3.8, 4) is 16.9 Å². The van der Waals surface area contributed by atoms with Crippen LogP contribution in [0.4, 0.5) is 0 Å². The monoisotopic (exact) mass is 501 g/mol. The van der Waals surface area contributed by atoms with Gasteiger partial charge in [0, 0.05) is 23.5 Å².